The molecule has 0 saturated heterocycles. The molecule has 0 aliphatic heterocycles. The lowest BCUT2D eigenvalue weighted by Crippen LogP contribution is -2.19. The van der Waals surface area contributed by atoms with Crippen molar-refractivity contribution in [1.82, 2.24) is 24.1 Å². The van der Waals surface area contributed by atoms with Gasteiger partial charge in [-0.05, 0) is 73.1 Å². The Balaban J connectivity index is 1.14. The smallest absolute Gasteiger partial charge is 0.295 e. The van der Waals surface area contributed by atoms with Crippen LogP contribution in [0.15, 0.2) is 181 Å². The van der Waals surface area contributed by atoms with Gasteiger partial charge in [0.15, 0.2) is 17.5 Å². The van der Waals surface area contributed by atoms with E-state index in [4.69, 9.17) is 15.0 Å². The zero-order valence-electron chi connectivity index (χ0n) is 30.9. The largest absolute Gasteiger partial charge is 0.328 e. The lowest BCUT2D eigenvalue weighted by atomic mass is 9.85. The molecule has 0 fully saturated rings. The van der Waals surface area contributed by atoms with Gasteiger partial charge in [-0.1, -0.05) is 158 Å². The molecule has 2 heterocycles. The van der Waals surface area contributed by atoms with Gasteiger partial charge in [-0.15, -0.1) is 0 Å². The Kier molecular flexibility index (Phi) is 7.96. The van der Waals surface area contributed by atoms with Crippen molar-refractivity contribution in [1.29, 1.82) is 0 Å². The first-order valence-electron chi connectivity index (χ1n) is 18.7. The van der Waals surface area contributed by atoms with E-state index in [0.717, 1.165) is 82.6 Å². The number of aryl methyl sites for hydroxylation is 2. The van der Waals surface area contributed by atoms with Crippen LogP contribution in [-0.2, 0) is 14.1 Å². The van der Waals surface area contributed by atoms with Crippen LogP contribution in [0, 0.1) is 0 Å². The molecular weight excluding hydrogens is 687 g/mol. The van der Waals surface area contributed by atoms with Gasteiger partial charge in [0.25, 0.3) is 0 Å². The van der Waals surface area contributed by atoms with E-state index < -0.39 is 0 Å². The summed E-state index contributed by atoms with van der Waals surface area (Å²) < 4.78 is 3.42. The van der Waals surface area contributed by atoms with Crippen molar-refractivity contribution < 1.29 is 0 Å². The normalized spacial score (nSPS) is 11.5. The van der Waals surface area contributed by atoms with E-state index >= 15 is 0 Å². The predicted octanol–water partition coefficient (Wildman–Crippen LogP) is 11.4. The summed E-state index contributed by atoms with van der Waals surface area (Å²) in [6, 6.07) is 60.9. The number of hydrogen-bond donors (Lipinski definition) is 0. The summed E-state index contributed by atoms with van der Waals surface area (Å²) in [5.41, 5.74) is 11.2. The van der Waals surface area contributed by atoms with Crippen molar-refractivity contribution in [2.75, 3.05) is 0 Å². The van der Waals surface area contributed by atoms with Crippen LogP contribution in [-0.4, -0.2) is 24.1 Å². The Morgan fingerprint density at radius 2 is 0.714 bits per heavy atom. The van der Waals surface area contributed by atoms with Crippen molar-refractivity contribution in [3.05, 3.63) is 186 Å². The van der Waals surface area contributed by atoms with Crippen LogP contribution in [0.2, 0.25) is 0 Å². The van der Waals surface area contributed by atoms with Gasteiger partial charge in [-0.2, -0.15) is 0 Å². The molecule has 0 unspecified atom stereocenters. The molecule has 8 aromatic carbocycles. The first-order valence-corrected chi connectivity index (χ1v) is 18.7. The van der Waals surface area contributed by atoms with Crippen molar-refractivity contribution in [3.8, 4) is 67.5 Å². The van der Waals surface area contributed by atoms with Crippen molar-refractivity contribution in [3.63, 3.8) is 0 Å². The second-order valence-electron chi connectivity index (χ2n) is 14.1. The van der Waals surface area contributed by atoms with Crippen molar-refractivity contribution in [2.45, 2.75) is 0 Å². The van der Waals surface area contributed by atoms with Gasteiger partial charge in [-0.25, -0.2) is 19.7 Å². The first kappa shape index (κ1) is 33.2. The summed E-state index contributed by atoms with van der Waals surface area (Å²) in [5, 5.41) is 4.56. The number of imidazole rings is 1. The second kappa shape index (κ2) is 13.4. The average Bonchev–Trinajstić information content (AvgIpc) is 3.48. The minimum absolute atomic E-state index is 0.0377. The van der Waals surface area contributed by atoms with E-state index in [1.54, 1.807) is 9.13 Å². The maximum atomic E-state index is 12.8. The van der Waals surface area contributed by atoms with Gasteiger partial charge < -0.3 is 0 Å². The van der Waals surface area contributed by atoms with Crippen molar-refractivity contribution in [2.24, 2.45) is 14.1 Å². The minimum atomic E-state index is -0.0377. The van der Waals surface area contributed by atoms with E-state index in [-0.39, 0.29) is 5.69 Å². The molecule has 0 spiro atoms. The third kappa shape index (κ3) is 5.58. The van der Waals surface area contributed by atoms with Crippen LogP contribution in [0.1, 0.15) is 0 Å². The fourth-order valence-corrected chi connectivity index (χ4v) is 8.02. The standard InChI is InChI=1S/C50H35N5O/c1-54-43-29-28-37(31-44(43)55(2)50(54)56)46-41-22-11-9-20-39(41)45(40-21-10-12-23-42(40)46)36-18-13-19-38(30-36)49-52-47(34-16-7-4-8-17-34)51-48(53-49)35-26-24-33(25-27-35)32-14-5-3-6-15-32/h3-31H,1-2H3. The highest BCUT2D eigenvalue weighted by Crippen LogP contribution is 2.44. The fraction of sp³-hybridized carbons (Fsp3) is 0.0400. The summed E-state index contributed by atoms with van der Waals surface area (Å²) in [5.74, 6) is 1.85. The quantitative estimate of drug-likeness (QED) is 0.160. The highest BCUT2D eigenvalue weighted by atomic mass is 16.1. The monoisotopic (exact) mass is 721 g/mol. The maximum absolute atomic E-state index is 12.8. The van der Waals surface area contributed by atoms with E-state index in [2.05, 4.69) is 140 Å². The molecule has 0 aliphatic carbocycles. The van der Waals surface area contributed by atoms with Crippen molar-refractivity contribution >= 4 is 32.6 Å². The molecular formula is C50H35N5O. The summed E-state index contributed by atoms with van der Waals surface area (Å²) in [7, 11) is 3.66. The molecule has 10 rings (SSSR count). The van der Waals surface area contributed by atoms with Crippen LogP contribution in [0.4, 0.5) is 0 Å². The summed E-state index contributed by atoms with van der Waals surface area (Å²) in [6.07, 6.45) is 0. The molecule has 0 bridgehead atoms. The molecule has 0 saturated carbocycles. The molecule has 266 valence electrons. The Bertz CT molecular complexity index is 3110. The van der Waals surface area contributed by atoms with Gasteiger partial charge in [0.2, 0.25) is 0 Å². The van der Waals surface area contributed by atoms with Crippen LogP contribution in [0.3, 0.4) is 0 Å². The summed E-state index contributed by atoms with van der Waals surface area (Å²) in [6.45, 7) is 0. The van der Waals surface area contributed by atoms with Gasteiger partial charge in [-0.3, -0.25) is 9.13 Å². The lowest BCUT2D eigenvalue weighted by Gasteiger charge is -2.18. The van der Waals surface area contributed by atoms with Gasteiger partial charge in [0.1, 0.15) is 0 Å². The van der Waals surface area contributed by atoms with Gasteiger partial charge in [0.05, 0.1) is 11.0 Å². The summed E-state index contributed by atoms with van der Waals surface area (Å²) in [4.78, 5) is 28.0. The topological polar surface area (TPSA) is 65.6 Å². The molecule has 0 aliphatic rings. The number of benzene rings is 8. The fourth-order valence-electron chi connectivity index (χ4n) is 8.02. The third-order valence-corrected chi connectivity index (χ3v) is 10.8. The average molecular weight is 722 g/mol. The lowest BCUT2D eigenvalue weighted by molar-refractivity contribution is 0.795. The Morgan fingerprint density at radius 1 is 0.339 bits per heavy atom. The molecule has 0 amide bonds. The van der Waals surface area contributed by atoms with Crippen LogP contribution >= 0.6 is 0 Å². The Hall–Kier alpha value is -7.44. The van der Waals surface area contributed by atoms with E-state index in [1.807, 2.05) is 50.5 Å². The third-order valence-electron chi connectivity index (χ3n) is 10.8. The molecule has 2 aromatic heterocycles. The molecule has 0 atom stereocenters. The Labute approximate surface area is 323 Å². The Morgan fingerprint density at radius 3 is 1.29 bits per heavy atom. The molecule has 6 heteroatoms. The molecule has 0 N–H and O–H groups in total. The first-order chi connectivity index (χ1) is 27.5. The molecule has 10 aromatic rings. The van der Waals surface area contributed by atoms with Crippen LogP contribution in [0.25, 0.3) is 100 Å². The van der Waals surface area contributed by atoms with E-state index in [0.29, 0.717) is 17.5 Å². The number of aromatic nitrogens is 5. The zero-order valence-corrected chi connectivity index (χ0v) is 30.9. The second-order valence-corrected chi connectivity index (χ2v) is 14.1. The van der Waals surface area contributed by atoms with Crippen LogP contribution in [0.5, 0.6) is 0 Å². The number of nitrogens with zero attached hydrogens (tertiary/aromatic N) is 5. The molecule has 6 nitrogen and oxygen atoms in total. The van der Waals surface area contributed by atoms with Crippen LogP contribution < -0.4 is 5.69 Å². The molecule has 0 radical (unpaired) electrons. The predicted molar refractivity (Wildman–Crippen MR) is 229 cm³/mol. The number of rotatable bonds is 6. The maximum Gasteiger partial charge on any atom is 0.328 e. The zero-order chi connectivity index (χ0) is 37.8. The molecule has 56 heavy (non-hydrogen) atoms. The van der Waals surface area contributed by atoms with Gasteiger partial charge in [0, 0.05) is 30.8 Å². The highest BCUT2D eigenvalue weighted by molar-refractivity contribution is 6.21. The van der Waals surface area contributed by atoms with E-state index in [9.17, 15) is 4.79 Å². The SMILES string of the molecule is Cn1c(=O)n(C)c2cc(-c3c4ccccc4c(-c4cccc(-c5nc(-c6ccccc6)nc(-c6ccc(-c7ccccc7)cc6)n5)c4)c4ccccc34)ccc21. The van der Waals surface area contributed by atoms with Gasteiger partial charge >= 0.3 is 5.69 Å². The number of fused-ring (bicyclic) bond motifs is 3. The summed E-state index contributed by atoms with van der Waals surface area (Å²) >= 11 is 0. The minimum Gasteiger partial charge on any atom is -0.295 e. The highest BCUT2D eigenvalue weighted by Gasteiger charge is 2.19. The van der Waals surface area contributed by atoms with E-state index in [1.165, 1.54) is 0 Å². The number of hydrogen-bond acceptors (Lipinski definition) is 4.